The van der Waals surface area contributed by atoms with E-state index in [-0.39, 0.29) is 5.97 Å². The molecule has 2 rings (SSSR count). The maximum Gasteiger partial charge on any atom is 0.327 e. The summed E-state index contributed by atoms with van der Waals surface area (Å²) in [6, 6.07) is 0. The van der Waals surface area contributed by atoms with Crippen LogP contribution in [0.1, 0.15) is 26.2 Å². The van der Waals surface area contributed by atoms with Gasteiger partial charge in [0.1, 0.15) is 5.54 Å². The molecule has 2 fully saturated rings. The van der Waals surface area contributed by atoms with E-state index in [0.29, 0.717) is 12.5 Å². The Morgan fingerprint density at radius 3 is 2.65 bits per heavy atom. The number of ether oxygens (including phenoxy) is 1. The van der Waals surface area contributed by atoms with Gasteiger partial charge in [0.15, 0.2) is 0 Å². The van der Waals surface area contributed by atoms with Crippen LogP contribution < -0.4 is 5.32 Å². The van der Waals surface area contributed by atoms with Gasteiger partial charge < -0.3 is 15.0 Å². The molecule has 1 N–H and O–H groups in total. The van der Waals surface area contributed by atoms with Crippen LogP contribution in [0.5, 0.6) is 0 Å². The maximum atomic E-state index is 12.5. The number of likely N-dealkylation sites (N-methyl/N-ethyl adjacent to an activating group) is 2. The Morgan fingerprint density at radius 2 is 2.05 bits per heavy atom. The molecule has 0 aromatic rings. The van der Waals surface area contributed by atoms with Crippen molar-refractivity contribution in [2.24, 2.45) is 5.92 Å². The first-order chi connectivity index (χ1) is 9.62. The third kappa shape index (κ3) is 3.51. The van der Waals surface area contributed by atoms with Crippen molar-refractivity contribution >= 4 is 5.97 Å². The van der Waals surface area contributed by atoms with E-state index in [0.717, 1.165) is 45.6 Å². The summed E-state index contributed by atoms with van der Waals surface area (Å²) >= 11 is 0. The number of hydrogen-bond donors (Lipinski definition) is 1. The third-order valence-electron chi connectivity index (χ3n) is 4.65. The normalized spacial score (nSPS) is 24.9. The second-order valence-electron chi connectivity index (χ2n) is 6.15. The van der Waals surface area contributed by atoms with Crippen LogP contribution in [-0.2, 0) is 9.53 Å². The first-order valence-corrected chi connectivity index (χ1v) is 7.89. The van der Waals surface area contributed by atoms with Gasteiger partial charge in [0.2, 0.25) is 0 Å². The van der Waals surface area contributed by atoms with E-state index in [4.69, 9.17) is 4.74 Å². The average molecular weight is 283 g/mol. The number of carbonyl (C=O) groups excluding carboxylic acids is 1. The maximum absolute atomic E-state index is 12.5. The Labute approximate surface area is 122 Å². The fourth-order valence-corrected chi connectivity index (χ4v) is 3.19. The fraction of sp³-hybridized carbons (Fsp3) is 0.933. The number of nitrogens with zero attached hydrogens (tertiary/aromatic N) is 2. The number of hydrogen-bond acceptors (Lipinski definition) is 5. The predicted molar refractivity (Wildman–Crippen MR) is 79.7 cm³/mol. The molecule has 0 spiro atoms. The van der Waals surface area contributed by atoms with Gasteiger partial charge in [-0.3, -0.25) is 4.90 Å². The highest BCUT2D eigenvalue weighted by atomic mass is 16.5. The summed E-state index contributed by atoms with van der Waals surface area (Å²) in [4.78, 5) is 17.3. The molecule has 0 amide bonds. The molecule has 1 aliphatic heterocycles. The summed E-state index contributed by atoms with van der Waals surface area (Å²) in [7, 11) is 4.07. The van der Waals surface area contributed by atoms with Crippen molar-refractivity contribution in [3.63, 3.8) is 0 Å². The van der Waals surface area contributed by atoms with Crippen LogP contribution in [0.2, 0.25) is 0 Å². The molecule has 1 unspecified atom stereocenters. The highest BCUT2D eigenvalue weighted by Crippen LogP contribution is 2.41. The smallest absolute Gasteiger partial charge is 0.327 e. The summed E-state index contributed by atoms with van der Waals surface area (Å²) in [6.07, 6.45) is 3.44. The monoisotopic (exact) mass is 283 g/mol. The quantitative estimate of drug-likeness (QED) is 0.722. The van der Waals surface area contributed by atoms with Gasteiger partial charge in [-0.1, -0.05) is 0 Å². The molecular weight excluding hydrogens is 254 g/mol. The minimum Gasteiger partial charge on any atom is -0.465 e. The van der Waals surface area contributed by atoms with Crippen molar-refractivity contribution in [3.8, 4) is 0 Å². The first-order valence-electron chi connectivity index (χ1n) is 7.89. The third-order valence-corrected chi connectivity index (χ3v) is 4.65. The molecule has 0 radical (unpaired) electrons. The van der Waals surface area contributed by atoms with Gasteiger partial charge in [0.25, 0.3) is 0 Å². The molecule has 5 heteroatoms. The topological polar surface area (TPSA) is 44.8 Å². The SMILES string of the molecule is CCOC(=O)C(CN1CCCN(C)CC1)(NC)C1CC1. The zero-order valence-corrected chi connectivity index (χ0v) is 13.2. The molecule has 2 aliphatic rings. The molecular formula is C15H29N3O2. The van der Waals surface area contributed by atoms with Gasteiger partial charge in [0.05, 0.1) is 6.61 Å². The van der Waals surface area contributed by atoms with E-state index in [1.807, 2.05) is 14.0 Å². The van der Waals surface area contributed by atoms with Crippen LogP contribution in [-0.4, -0.2) is 74.7 Å². The van der Waals surface area contributed by atoms with E-state index in [1.165, 1.54) is 6.42 Å². The van der Waals surface area contributed by atoms with Gasteiger partial charge in [-0.2, -0.15) is 0 Å². The number of rotatable bonds is 6. The summed E-state index contributed by atoms with van der Waals surface area (Å²) < 4.78 is 5.35. The lowest BCUT2D eigenvalue weighted by molar-refractivity contribution is -0.153. The molecule has 20 heavy (non-hydrogen) atoms. The molecule has 5 nitrogen and oxygen atoms in total. The van der Waals surface area contributed by atoms with Crippen LogP contribution in [0.4, 0.5) is 0 Å². The van der Waals surface area contributed by atoms with Crippen LogP contribution >= 0.6 is 0 Å². The van der Waals surface area contributed by atoms with E-state index >= 15 is 0 Å². The summed E-state index contributed by atoms with van der Waals surface area (Å²) in [5, 5.41) is 3.31. The minimum atomic E-state index is -0.501. The minimum absolute atomic E-state index is 0.0670. The van der Waals surface area contributed by atoms with E-state index in [9.17, 15) is 4.79 Å². The van der Waals surface area contributed by atoms with E-state index in [2.05, 4.69) is 22.2 Å². The number of carbonyl (C=O) groups is 1. The van der Waals surface area contributed by atoms with Crippen molar-refractivity contribution in [1.29, 1.82) is 0 Å². The van der Waals surface area contributed by atoms with Gasteiger partial charge in [-0.05, 0) is 59.3 Å². The van der Waals surface area contributed by atoms with Gasteiger partial charge in [0, 0.05) is 19.6 Å². The fourth-order valence-electron chi connectivity index (χ4n) is 3.19. The Bertz CT molecular complexity index is 333. The van der Waals surface area contributed by atoms with Crippen molar-refractivity contribution in [3.05, 3.63) is 0 Å². The average Bonchev–Trinajstić information content (AvgIpc) is 3.26. The van der Waals surface area contributed by atoms with Crippen LogP contribution in [0.25, 0.3) is 0 Å². The molecule has 0 aromatic carbocycles. The molecule has 1 aliphatic carbocycles. The molecule has 1 atom stereocenters. The van der Waals surface area contributed by atoms with E-state index < -0.39 is 5.54 Å². The number of nitrogens with one attached hydrogen (secondary N) is 1. The lowest BCUT2D eigenvalue weighted by Crippen LogP contribution is -2.60. The molecule has 116 valence electrons. The predicted octanol–water partition coefficient (Wildman–Crippen LogP) is 0.555. The molecule has 1 heterocycles. The second kappa shape index (κ2) is 6.87. The lowest BCUT2D eigenvalue weighted by atomic mass is 9.92. The summed E-state index contributed by atoms with van der Waals surface area (Å²) in [5.41, 5.74) is -0.501. The Hall–Kier alpha value is -0.650. The van der Waals surface area contributed by atoms with Crippen LogP contribution in [0.3, 0.4) is 0 Å². The highest BCUT2D eigenvalue weighted by Gasteiger charge is 2.51. The summed E-state index contributed by atoms with van der Waals surface area (Å²) in [6.45, 7) is 7.44. The lowest BCUT2D eigenvalue weighted by Gasteiger charge is -2.36. The molecule has 1 saturated heterocycles. The zero-order chi connectivity index (χ0) is 14.6. The van der Waals surface area contributed by atoms with Gasteiger partial charge in [-0.25, -0.2) is 4.79 Å². The standard InChI is InChI=1S/C15H29N3O2/c1-4-20-14(19)15(16-2,13-6-7-13)12-18-9-5-8-17(3)10-11-18/h13,16H,4-12H2,1-3H3. The zero-order valence-electron chi connectivity index (χ0n) is 13.2. The Kier molecular flexibility index (Phi) is 5.41. The van der Waals surface area contributed by atoms with Crippen molar-refractivity contribution < 1.29 is 9.53 Å². The van der Waals surface area contributed by atoms with E-state index in [1.54, 1.807) is 0 Å². The van der Waals surface area contributed by atoms with Crippen molar-refractivity contribution in [1.82, 2.24) is 15.1 Å². The Morgan fingerprint density at radius 1 is 1.30 bits per heavy atom. The van der Waals surface area contributed by atoms with Crippen molar-refractivity contribution in [2.45, 2.75) is 31.7 Å². The second-order valence-corrected chi connectivity index (χ2v) is 6.15. The van der Waals surface area contributed by atoms with Crippen LogP contribution in [0, 0.1) is 5.92 Å². The number of esters is 1. The van der Waals surface area contributed by atoms with Crippen molar-refractivity contribution in [2.75, 3.05) is 53.4 Å². The van der Waals surface area contributed by atoms with Crippen LogP contribution in [0.15, 0.2) is 0 Å². The molecule has 0 bridgehead atoms. The largest absolute Gasteiger partial charge is 0.465 e. The summed E-state index contributed by atoms with van der Waals surface area (Å²) in [5.74, 6) is 0.370. The Balaban J connectivity index is 2.05. The first kappa shape index (κ1) is 15.7. The van der Waals surface area contributed by atoms with Gasteiger partial charge >= 0.3 is 5.97 Å². The molecule has 1 saturated carbocycles. The highest BCUT2D eigenvalue weighted by molar-refractivity contribution is 5.82. The molecule has 0 aromatic heterocycles. The van der Waals surface area contributed by atoms with Gasteiger partial charge in [-0.15, -0.1) is 0 Å².